The molecule has 2 amide bonds. The zero-order valence-corrected chi connectivity index (χ0v) is 18.4. The Hall–Kier alpha value is -3.43. The SMILES string of the molecule is O=CC(CCCCNC(=O)COc1ccc(CO)cc1)NC(=O)COc1ccc(CO)cc1. The van der Waals surface area contributed by atoms with Gasteiger partial charge in [0.15, 0.2) is 13.2 Å². The number of aldehydes is 1. The Morgan fingerprint density at radius 1 is 0.818 bits per heavy atom. The van der Waals surface area contributed by atoms with Crippen molar-refractivity contribution in [3.05, 3.63) is 59.7 Å². The highest BCUT2D eigenvalue weighted by atomic mass is 16.5. The molecule has 178 valence electrons. The maximum absolute atomic E-state index is 12.0. The summed E-state index contributed by atoms with van der Waals surface area (Å²) in [5.74, 6) is 0.367. The fourth-order valence-electron chi connectivity index (χ4n) is 2.87. The number of benzene rings is 2. The maximum atomic E-state index is 12.0. The summed E-state index contributed by atoms with van der Waals surface area (Å²) in [4.78, 5) is 35.1. The summed E-state index contributed by atoms with van der Waals surface area (Å²) in [6.45, 7) is -0.0304. The van der Waals surface area contributed by atoms with Crippen LogP contribution >= 0.6 is 0 Å². The highest BCUT2D eigenvalue weighted by molar-refractivity contribution is 5.80. The molecule has 33 heavy (non-hydrogen) atoms. The van der Waals surface area contributed by atoms with Gasteiger partial charge in [0.05, 0.1) is 19.3 Å². The lowest BCUT2D eigenvalue weighted by Crippen LogP contribution is -2.39. The predicted molar refractivity (Wildman–Crippen MR) is 121 cm³/mol. The van der Waals surface area contributed by atoms with Gasteiger partial charge in [0, 0.05) is 6.54 Å². The molecule has 0 saturated heterocycles. The molecule has 2 aromatic rings. The van der Waals surface area contributed by atoms with Gasteiger partial charge in [-0.25, -0.2) is 0 Å². The molecular weight excluding hydrogens is 428 g/mol. The van der Waals surface area contributed by atoms with E-state index >= 15 is 0 Å². The van der Waals surface area contributed by atoms with Crippen molar-refractivity contribution < 1.29 is 34.1 Å². The third-order valence-electron chi connectivity index (χ3n) is 4.73. The molecule has 0 aliphatic rings. The van der Waals surface area contributed by atoms with Crippen LogP contribution in [-0.4, -0.2) is 54.1 Å². The average Bonchev–Trinajstić information content (AvgIpc) is 2.85. The highest BCUT2D eigenvalue weighted by Gasteiger charge is 2.12. The molecule has 0 radical (unpaired) electrons. The smallest absolute Gasteiger partial charge is 0.258 e. The topological polar surface area (TPSA) is 134 Å². The number of unbranched alkanes of at least 4 members (excludes halogenated alkanes) is 1. The Kier molecular flexibility index (Phi) is 11.4. The molecule has 0 aliphatic carbocycles. The van der Waals surface area contributed by atoms with Crippen molar-refractivity contribution >= 4 is 18.1 Å². The monoisotopic (exact) mass is 458 g/mol. The van der Waals surface area contributed by atoms with Crippen LogP contribution in [0.25, 0.3) is 0 Å². The van der Waals surface area contributed by atoms with Crippen molar-refractivity contribution in [3.8, 4) is 11.5 Å². The number of aliphatic hydroxyl groups excluding tert-OH is 2. The van der Waals surface area contributed by atoms with Crippen LogP contribution in [0.2, 0.25) is 0 Å². The van der Waals surface area contributed by atoms with E-state index in [0.717, 1.165) is 11.1 Å². The first-order chi connectivity index (χ1) is 16.0. The molecule has 2 aromatic carbocycles. The lowest BCUT2D eigenvalue weighted by molar-refractivity contribution is -0.125. The first-order valence-electron chi connectivity index (χ1n) is 10.7. The van der Waals surface area contributed by atoms with E-state index in [1.165, 1.54) is 0 Å². The van der Waals surface area contributed by atoms with Crippen LogP contribution in [0.15, 0.2) is 48.5 Å². The van der Waals surface area contributed by atoms with Crippen LogP contribution in [0.3, 0.4) is 0 Å². The van der Waals surface area contributed by atoms with E-state index in [-0.39, 0.29) is 32.3 Å². The molecule has 0 fully saturated rings. The summed E-state index contributed by atoms with van der Waals surface area (Å²) in [5, 5.41) is 23.4. The number of amides is 2. The summed E-state index contributed by atoms with van der Waals surface area (Å²) in [6, 6.07) is 12.9. The Morgan fingerprint density at radius 2 is 1.33 bits per heavy atom. The standard InChI is InChI=1S/C24H30N2O7/c27-13-18-4-8-21(9-5-18)32-16-23(30)25-12-2-1-3-20(15-29)26-24(31)17-33-22-10-6-19(14-28)7-11-22/h4-11,15,20,27-28H,1-3,12-14,16-17H2,(H,25,30)(H,26,31). The molecule has 0 saturated carbocycles. The van der Waals surface area contributed by atoms with E-state index in [0.29, 0.717) is 43.6 Å². The number of rotatable bonds is 15. The molecule has 4 N–H and O–H groups in total. The number of hydrogen-bond acceptors (Lipinski definition) is 7. The minimum absolute atomic E-state index is 0.0519. The van der Waals surface area contributed by atoms with E-state index in [4.69, 9.17) is 19.7 Å². The molecule has 9 heteroatoms. The van der Waals surface area contributed by atoms with E-state index in [9.17, 15) is 14.4 Å². The predicted octanol–water partition coefficient (Wildman–Crippen LogP) is 1.10. The highest BCUT2D eigenvalue weighted by Crippen LogP contribution is 2.12. The van der Waals surface area contributed by atoms with Gasteiger partial charge in [-0.15, -0.1) is 0 Å². The summed E-state index contributed by atoms with van der Waals surface area (Å²) < 4.78 is 10.7. The number of ether oxygens (including phenoxy) is 2. The van der Waals surface area contributed by atoms with Crippen molar-refractivity contribution in [2.24, 2.45) is 0 Å². The third-order valence-corrected chi connectivity index (χ3v) is 4.73. The van der Waals surface area contributed by atoms with Gasteiger partial charge in [-0.3, -0.25) is 9.59 Å². The number of carbonyl (C=O) groups is 3. The molecule has 0 heterocycles. The lowest BCUT2D eigenvalue weighted by Gasteiger charge is -2.13. The van der Waals surface area contributed by atoms with Gasteiger partial charge in [-0.1, -0.05) is 24.3 Å². The zero-order chi connectivity index (χ0) is 23.9. The Morgan fingerprint density at radius 3 is 1.82 bits per heavy atom. The van der Waals surface area contributed by atoms with Crippen molar-refractivity contribution in [1.82, 2.24) is 10.6 Å². The van der Waals surface area contributed by atoms with Crippen LogP contribution in [0, 0.1) is 0 Å². The molecule has 0 aromatic heterocycles. The van der Waals surface area contributed by atoms with Gasteiger partial charge < -0.3 is 35.1 Å². The molecule has 1 atom stereocenters. The van der Waals surface area contributed by atoms with E-state index < -0.39 is 11.9 Å². The molecular formula is C24H30N2O7. The van der Waals surface area contributed by atoms with Gasteiger partial charge in [0.25, 0.3) is 11.8 Å². The second kappa shape index (κ2) is 14.6. The summed E-state index contributed by atoms with van der Waals surface area (Å²) in [7, 11) is 0. The van der Waals surface area contributed by atoms with E-state index in [1.54, 1.807) is 48.5 Å². The molecule has 9 nitrogen and oxygen atoms in total. The summed E-state index contributed by atoms with van der Waals surface area (Å²) in [6.07, 6.45) is 2.41. The van der Waals surface area contributed by atoms with Gasteiger partial charge in [0.1, 0.15) is 17.8 Å². The van der Waals surface area contributed by atoms with Gasteiger partial charge in [-0.2, -0.15) is 0 Å². The van der Waals surface area contributed by atoms with Crippen molar-refractivity contribution in [2.45, 2.75) is 38.5 Å². The first-order valence-corrected chi connectivity index (χ1v) is 10.7. The Bertz CT molecular complexity index is 869. The fraction of sp³-hybridized carbons (Fsp3) is 0.375. The van der Waals surface area contributed by atoms with Crippen LogP contribution in [0.5, 0.6) is 11.5 Å². The van der Waals surface area contributed by atoms with Crippen molar-refractivity contribution in [2.75, 3.05) is 19.8 Å². The van der Waals surface area contributed by atoms with Crippen LogP contribution in [0.4, 0.5) is 0 Å². The van der Waals surface area contributed by atoms with Gasteiger partial charge >= 0.3 is 0 Å². The van der Waals surface area contributed by atoms with Crippen LogP contribution in [0.1, 0.15) is 30.4 Å². The quantitative estimate of drug-likeness (QED) is 0.232. The van der Waals surface area contributed by atoms with Crippen LogP contribution < -0.4 is 20.1 Å². The van der Waals surface area contributed by atoms with E-state index in [2.05, 4.69) is 10.6 Å². The third kappa shape index (κ3) is 10.2. The maximum Gasteiger partial charge on any atom is 0.258 e. The van der Waals surface area contributed by atoms with Gasteiger partial charge in [-0.05, 0) is 54.7 Å². The van der Waals surface area contributed by atoms with Crippen LogP contribution in [-0.2, 0) is 27.6 Å². The fourth-order valence-corrected chi connectivity index (χ4v) is 2.87. The number of carbonyl (C=O) groups excluding carboxylic acids is 3. The Balaban J connectivity index is 1.56. The molecule has 0 bridgehead atoms. The number of aliphatic hydroxyl groups is 2. The summed E-state index contributed by atoms with van der Waals surface area (Å²) >= 11 is 0. The Labute approximate surface area is 192 Å². The minimum atomic E-state index is -0.626. The lowest BCUT2D eigenvalue weighted by atomic mass is 10.1. The molecule has 2 rings (SSSR count). The number of hydrogen-bond donors (Lipinski definition) is 4. The first kappa shape index (κ1) is 25.8. The second-order valence-corrected chi connectivity index (χ2v) is 7.34. The largest absolute Gasteiger partial charge is 0.484 e. The van der Waals surface area contributed by atoms with Gasteiger partial charge in [0.2, 0.25) is 0 Å². The zero-order valence-electron chi connectivity index (χ0n) is 18.4. The number of nitrogens with one attached hydrogen (secondary N) is 2. The second-order valence-electron chi connectivity index (χ2n) is 7.34. The van der Waals surface area contributed by atoms with Crippen molar-refractivity contribution in [3.63, 3.8) is 0 Å². The summed E-state index contributed by atoms with van der Waals surface area (Å²) in [5.41, 5.74) is 1.50. The molecule has 1 unspecified atom stereocenters. The van der Waals surface area contributed by atoms with E-state index in [1.807, 2.05) is 0 Å². The average molecular weight is 459 g/mol. The van der Waals surface area contributed by atoms with Crippen molar-refractivity contribution in [1.29, 1.82) is 0 Å². The minimum Gasteiger partial charge on any atom is -0.484 e. The molecule has 0 aliphatic heterocycles. The molecule has 0 spiro atoms. The normalized spacial score (nSPS) is 11.3.